The molecule has 1 atom stereocenters. The van der Waals surface area contributed by atoms with Crippen molar-refractivity contribution in [2.75, 3.05) is 13.7 Å². The van der Waals surface area contributed by atoms with Gasteiger partial charge in [-0.3, -0.25) is 0 Å². The SMILES string of the molecule is COc1cccc(OCCCCn2c(C(O)c3ccccc3)nc3ccccc32)c1. The molecule has 3 aromatic carbocycles. The van der Waals surface area contributed by atoms with Crippen LogP contribution in [-0.2, 0) is 6.54 Å². The molecule has 1 unspecified atom stereocenters. The van der Waals surface area contributed by atoms with Crippen LogP contribution in [-0.4, -0.2) is 28.4 Å². The first kappa shape index (κ1) is 20.0. The monoisotopic (exact) mass is 402 g/mol. The summed E-state index contributed by atoms with van der Waals surface area (Å²) in [5.74, 6) is 2.27. The smallest absolute Gasteiger partial charge is 0.143 e. The van der Waals surface area contributed by atoms with Gasteiger partial charge in [-0.15, -0.1) is 0 Å². The summed E-state index contributed by atoms with van der Waals surface area (Å²) in [5.41, 5.74) is 2.78. The van der Waals surface area contributed by atoms with E-state index in [0.29, 0.717) is 12.4 Å². The molecular weight excluding hydrogens is 376 g/mol. The number of nitrogens with zero attached hydrogens (tertiary/aromatic N) is 2. The van der Waals surface area contributed by atoms with Crippen LogP contribution in [0.15, 0.2) is 78.9 Å². The van der Waals surface area contributed by atoms with Crippen LogP contribution >= 0.6 is 0 Å². The second-order valence-corrected chi connectivity index (χ2v) is 7.16. The minimum atomic E-state index is -0.758. The first-order valence-electron chi connectivity index (χ1n) is 10.2. The molecule has 0 radical (unpaired) electrons. The van der Waals surface area contributed by atoms with Crippen molar-refractivity contribution in [3.63, 3.8) is 0 Å². The summed E-state index contributed by atoms with van der Waals surface area (Å²) in [6, 6.07) is 25.3. The average molecular weight is 402 g/mol. The standard InChI is InChI=1S/C25H26N2O3/c1-29-20-12-9-13-21(18-20)30-17-8-7-16-27-23-15-6-5-14-22(23)26-25(27)24(28)19-10-3-2-4-11-19/h2-6,9-15,18,24,28H,7-8,16-17H2,1H3. The minimum Gasteiger partial charge on any atom is -0.497 e. The molecule has 0 aliphatic heterocycles. The third kappa shape index (κ3) is 4.47. The molecular formula is C25H26N2O3. The molecule has 0 fully saturated rings. The number of aliphatic hydroxyl groups excluding tert-OH is 1. The molecule has 0 saturated heterocycles. The number of benzene rings is 3. The number of aromatic nitrogens is 2. The molecule has 4 rings (SSSR count). The van der Waals surface area contributed by atoms with Crippen LogP contribution < -0.4 is 9.47 Å². The number of ether oxygens (including phenoxy) is 2. The number of para-hydroxylation sites is 2. The Bertz CT molecular complexity index is 1090. The van der Waals surface area contributed by atoms with Crippen molar-refractivity contribution in [3.05, 3.63) is 90.3 Å². The summed E-state index contributed by atoms with van der Waals surface area (Å²) in [7, 11) is 1.65. The van der Waals surface area contributed by atoms with Crippen molar-refractivity contribution in [1.29, 1.82) is 0 Å². The Kier molecular flexibility index (Phi) is 6.30. The third-order valence-corrected chi connectivity index (χ3v) is 5.13. The first-order valence-corrected chi connectivity index (χ1v) is 10.2. The van der Waals surface area contributed by atoms with Crippen molar-refractivity contribution in [2.45, 2.75) is 25.5 Å². The number of rotatable bonds is 9. The fourth-order valence-electron chi connectivity index (χ4n) is 3.58. The predicted octanol–water partition coefficient (Wildman–Crippen LogP) is 4.99. The number of aryl methyl sites for hydroxylation is 1. The largest absolute Gasteiger partial charge is 0.497 e. The first-order chi connectivity index (χ1) is 14.8. The maximum absolute atomic E-state index is 11.0. The molecule has 30 heavy (non-hydrogen) atoms. The highest BCUT2D eigenvalue weighted by atomic mass is 16.5. The molecule has 1 heterocycles. The highest BCUT2D eigenvalue weighted by Gasteiger charge is 2.19. The van der Waals surface area contributed by atoms with Gasteiger partial charge in [0.2, 0.25) is 0 Å². The molecule has 4 aromatic rings. The maximum Gasteiger partial charge on any atom is 0.143 e. The number of imidazole rings is 1. The highest BCUT2D eigenvalue weighted by molar-refractivity contribution is 5.76. The number of fused-ring (bicyclic) bond motifs is 1. The lowest BCUT2D eigenvalue weighted by molar-refractivity contribution is 0.204. The Morgan fingerprint density at radius 2 is 1.67 bits per heavy atom. The molecule has 5 nitrogen and oxygen atoms in total. The number of hydrogen-bond donors (Lipinski definition) is 1. The van der Waals surface area contributed by atoms with E-state index in [1.54, 1.807) is 7.11 Å². The molecule has 1 N–H and O–H groups in total. The Morgan fingerprint density at radius 1 is 0.900 bits per heavy atom. The summed E-state index contributed by atoms with van der Waals surface area (Å²) in [5, 5.41) is 11.0. The Hall–Kier alpha value is -3.31. The van der Waals surface area contributed by atoms with Gasteiger partial charge < -0.3 is 19.1 Å². The van der Waals surface area contributed by atoms with Crippen LogP contribution in [0, 0.1) is 0 Å². The van der Waals surface area contributed by atoms with Crippen LogP contribution in [0.2, 0.25) is 0 Å². The molecule has 0 bridgehead atoms. The van der Waals surface area contributed by atoms with E-state index in [-0.39, 0.29) is 0 Å². The van der Waals surface area contributed by atoms with Crippen molar-refractivity contribution >= 4 is 11.0 Å². The van der Waals surface area contributed by atoms with E-state index in [1.807, 2.05) is 72.8 Å². The van der Waals surface area contributed by atoms with E-state index in [2.05, 4.69) is 10.6 Å². The number of hydrogen-bond acceptors (Lipinski definition) is 4. The van der Waals surface area contributed by atoms with E-state index in [1.165, 1.54) is 0 Å². The number of methoxy groups -OCH3 is 1. The molecule has 0 saturated carbocycles. The zero-order valence-electron chi connectivity index (χ0n) is 17.1. The van der Waals surface area contributed by atoms with E-state index in [0.717, 1.165) is 47.5 Å². The fraction of sp³-hybridized carbons (Fsp3) is 0.240. The Balaban J connectivity index is 1.44. The molecule has 1 aromatic heterocycles. The molecule has 0 aliphatic carbocycles. The zero-order chi connectivity index (χ0) is 20.8. The summed E-state index contributed by atoms with van der Waals surface area (Å²) in [6.07, 6.45) is 1.05. The van der Waals surface area contributed by atoms with Gasteiger partial charge in [0.05, 0.1) is 24.8 Å². The normalized spacial score (nSPS) is 12.1. The van der Waals surface area contributed by atoms with Gasteiger partial charge in [-0.2, -0.15) is 0 Å². The van der Waals surface area contributed by atoms with Crippen molar-refractivity contribution in [3.8, 4) is 11.5 Å². The second-order valence-electron chi connectivity index (χ2n) is 7.16. The summed E-state index contributed by atoms with van der Waals surface area (Å²) < 4.78 is 13.2. The van der Waals surface area contributed by atoms with Gasteiger partial charge in [0.25, 0.3) is 0 Å². The molecule has 0 spiro atoms. The van der Waals surface area contributed by atoms with Crippen LogP contribution in [0.3, 0.4) is 0 Å². The lowest BCUT2D eigenvalue weighted by atomic mass is 10.1. The van der Waals surface area contributed by atoms with Gasteiger partial charge in [0.15, 0.2) is 0 Å². The second kappa shape index (κ2) is 9.46. The maximum atomic E-state index is 11.0. The van der Waals surface area contributed by atoms with Gasteiger partial charge in [-0.25, -0.2) is 4.98 Å². The van der Waals surface area contributed by atoms with Crippen molar-refractivity contribution in [1.82, 2.24) is 9.55 Å². The Labute approximate surface area is 176 Å². The van der Waals surface area contributed by atoms with Gasteiger partial charge in [-0.1, -0.05) is 48.5 Å². The quantitative estimate of drug-likeness (QED) is 0.401. The van der Waals surface area contributed by atoms with E-state index in [9.17, 15) is 5.11 Å². The fourth-order valence-corrected chi connectivity index (χ4v) is 3.58. The Morgan fingerprint density at radius 3 is 2.50 bits per heavy atom. The number of unbranched alkanes of at least 4 members (excludes halogenated alkanes) is 1. The summed E-state index contributed by atoms with van der Waals surface area (Å²) in [4.78, 5) is 4.72. The van der Waals surface area contributed by atoms with Crippen LogP contribution in [0.4, 0.5) is 0 Å². The topological polar surface area (TPSA) is 56.5 Å². The highest BCUT2D eigenvalue weighted by Crippen LogP contribution is 2.26. The molecule has 0 amide bonds. The summed E-state index contributed by atoms with van der Waals surface area (Å²) >= 11 is 0. The van der Waals surface area contributed by atoms with Gasteiger partial charge in [0, 0.05) is 12.6 Å². The van der Waals surface area contributed by atoms with Crippen LogP contribution in [0.1, 0.15) is 30.3 Å². The van der Waals surface area contributed by atoms with E-state index >= 15 is 0 Å². The van der Waals surface area contributed by atoms with Crippen LogP contribution in [0.5, 0.6) is 11.5 Å². The summed E-state index contributed by atoms with van der Waals surface area (Å²) in [6.45, 7) is 1.39. The van der Waals surface area contributed by atoms with Gasteiger partial charge in [0.1, 0.15) is 23.4 Å². The lowest BCUT2D eigenvalue weighted by Gasteiger charge is -2.14. The molecule has 5 heteroatoms. The van der Waals surface area contributed by atoms with Gasteiger partial charge >= 0.3 is 0 Å². The van der Waals surface area contributed by atoms with Crippen molar-refractivity contribution < 1.29 is 14.6 Å². The third-order valence-electron chi connectivity index (χ3n) is 5.13. The zero-order valence-corrected chi connectivity index (χ0v) is 17.1. The van der Waals surface area contributed by atoms with Crippen LogP contribution in [0.25, 0.3) is 11.0 Å². The van der Waals surface area contributed by atoms with E-state index in [4.69, 9.17) is 14.5 Å². The molecule has 0 aliphatic rings. The minimum absolute atomic E-state index is 0.621. The van der Waals surface area contributed by atoms with Crippen molar-refractivity contribution in [2.24, 2.45) is 0 Å². The predicted molar refractivity (Wildman–Crippen MR) is 118 cm³/mol. The number of aliphatic hydroxyl groups is 1. The molecule has 154 valence electrons. The lowest BCUT2D eigenvalue weighted by Crippen LogP contribution is -2.11. The average Bonchev–Trinajstić information content (AvgIpc) is 3.17. The van der Waals surface area contributed by atoms with E-state index < -0.39 is 6.10 Å². The van der Waals surface area contributed by atoms with Gasteiger partial charge in [-0.05, 0) is 42.7 Å².